The van der Waals surface area contributed by atoms with E-state index in [4.69, 9.17) is 18.9 Å². The molecule has 0 unspecified atom stereocenters. The Labute approximate surface area is 89.8 Å². The summed E-state index contributed by atoms with van der Waals surface area (Å²) in [5.74, 6) is 0.797. The Morgan fingerprint density at radius 2 is 2.13 bits per heavy atom. The number of ether oxygens (including phenoxy) is 4. The third-order valence-electron chi connectivity index (χ3n) is 3.46. The van der Waals surface area contributed by atoms with Crippen LogP contribution >= 0.6 is 0 Å². The van der Waals surface area contributed by atoms with Crippen molar-refractivity contribution in [2.45, 2.75) is 43.9 Å². The summed E-state index contributed by atoms with van der Waals surface area (Å²) in [6.07, 6.45) is 3.71. The second-order valence-electron chi connectivity index (χ2n) is 4.70. The smallest absolute Gasteiger partial charge is 0.184 e. The highest BCUT2D eigenvalue weighted by Crippen LogP contribution is 2.34. The second-order valence-corrected chi connectivity index (χ2v) is 4.70. The number of hydrogen-bond donors (Lipinski definition) is 0. The van der Waals surface area contributed by atoms with Crippen molar-refractivity contribution in [2.24, 2.45) is 5.92 Å². The molecule has 0 aromatic carbocycles. The first-order chi connectivity index (χ1) is 7.36. The minimum absolute atomic E-state index is 0.0351. The summed E-state index contributed by atoms with van der Waals surface area (Å²) in [7, 11) is 1.70. The normalized spacial score (nSPS) is 44.6. The van der Waals surface area contributed by atoms with Gasteiger partial charge in [0, 0.05) is 20.1 Å². The van der Waals surface area contributed by atoms with Crippen LogP contribution in [0.15, 0.2) is 0 Å². The molecule has 4 heteroatoms. The average molecular weight is 214 g/mol. The molecule has 3 aliphatic rings. The second kappa shape index (κ2) is 4.01. The van der Waals surface area contributed by atoms with E-state index < -0.39 is 0 Å². The zero-order valence-electron chi connectivity index (χ0n) is 9.06. The lowest BCUT2D eigenvalue weighted by molar-refractivity contribution is -0.199. The number of rotatable bonds is 4. The van der Waals surface area contributed by atoms with E-state index in [0.717, 1.165) is 18.9 Å². The first kappa shape index (κ1) is 10.0. The first-order valence-corrected chi connectivity index (χ1v) is 5.78. The third kappa shape index (κ3) is 2.04. The largest absolute Gasteiger partial charge is 0.376 e. The van der Waals surface area contributed by atoms with Crippen LogP contribution in [0.5, 0.6) is 0 Å². The molecule has 0 aromatic heterocycles. The minimum Gasteiger partial charge on any atom is -0.376 e. The van der Waals surface area contributed by atoms with Gasteiger partial charge in [-0.2, -0.15) is 0 Å². The Hall–Kier alpha value is -0.160. The van der Waals surface area contributed by atoms with Crippen molar-refractivity contribution in [2.75, 3.05) is 20.3 Å². The van der Waals surface area contributed by atoms with E-state index in [9.17, 15) is 0 Å². The Morgan fingerprint density at radius 1 is 1.27 bits per heavy atom. The van der Waals surface area contributed by atoms with Crippen molar-refractivity contribution in [3.63, 3.8) is 0 Å². The molecule has 0 radical (unpaired) electrons. The van der Waals surface area contributed by atoms with Gasteiger partial charge in [-0.3, -0.25) is 0 Å². The molecule has 3 rings (SSSR count). The molecular weight excluding hydrogens is 196 g/mol. The van der Waals surface area contributed by atoms with E-state index in [0.29, 0.717) is 6.61 Å². The first-order valence-electron chi connectivity index (χ1n) is 5.78. The fourth-order valence-corrected chi connectivity index (χ4v) is 2.25. The SMILES string of the molecule is CO[C@@H]1C[C@H](OCC2CC2)[C@H]2CO[C@@H]1O2. The van der Waals surface area contributed by atoms with Crippen LogP contribution in [0.3, 0.4) is 0 Å². The summed E-state index contributed by atoms with van der Waals surface area (Å²) < 4.78 is 22.4. The standard InChI is InChI=1S/C11H18O4/c1-12-9-4-8(13-5-7-2-3-7)10-6-14-11(9)15-10/h7-11H,2-6H2,1H3/t8-,9+,10+,11+/m0/s1. The van der Waals surface area contributed by atoms with Gasteiger partial charge in [0.15, 0.2) is 6.29 Å². The zero-order valence-corrected chi connectivity index (χ0v) is 9.06. The molecule has 1 saturated carbocycles. The summed E-state index contributed by atoms with van der Waals surface area (Å²) in [6.45, 7) is 1.53. The molecule has 0 spiro atoms. The number of hydrogen-bond acceptors (Lipinski definition) is 4. The lowest BCUT2D eigenvalue weighted by atomic mass is 10.0. The van der Waals surface area contributed by atoms with E-state index >= 15 is 0 Å². The maximum Gasteiger partial charge on any atom is 0.184 e. The lowest BCUT2D eigenvalue weighted by Gasteiger charge is -2.32. The molecule has 4 atom stereocenters. The summed E-state index contributed by atoms with van der Waals surface area (Å²) >= 11 is 0. The molecule has 15 heavy (non-hydrogen) atoms. The molecule has 0 aromatic rings. The van der Waals surface area contributed by atoms with Gasteiger partial charge in [-0.25, -0.2) is 0 Å². The van der Waals surface area contributed by atoms with Gasteiger partial charge in [0.2, 0.25) is 0 Å². The minimum atomic E-state index is -0.166. The fraction of sp³-hybridized carbons (Fsp3) is 1.00. The van der Waals surface area contributed by atoms with Crippen LogP contribution < -0.4 is 0 Å². The van der Waals surface area contributed by atoms with Gasteiger partial charge >= 0.3 is 0 Å². The van der Waals surface area contributed by atoms with Crippen LogP contribution in [0, 0.1) is 5.92 Å². The summed E-state index contributed by atoms with van der Waals surface area (Å²) in [4.78, 5) is 0. The molecule has 2 saturated heterocycles. The Balaban J connectivity index is 1.56. The van der Waals surface area contributed by atoms with E-state index in [2.05, 4.69) is 0 Å². The average Bonchev–Trinajstić information content (AvgIpc) is 3.00. The summed E-state index contributed by atoms with van der Waals surface area (Å²) in [5, 5.41) is 0. The van der Waals surface area contributed by atoms with Crippen molar-refractivity contribution < 1.29 is 18.9 Å². The van der Waals surface area contributed by atoms with Gasteiger partial charge in [0.05, 0.1) is 12.7 Å². The molecule has 3 fully saturated rings. The molecule has 2 aliphatic heterocycles. The highest BCUT2D eigenvalue weighted by atomic mass is 16.7. The predicted octanol–water partition coefficient (Wildman–Crippen LogP) is 0.942. The van der Waals surface area contributed by atoms with E-state index in [1.807, 2.05) is 0 Å². The van der Waals surface area contributed by atoms with Gasteiger partial charge in [-0.15, -0.1) is 0 Å². The molecule has 0 amide bonds. The predicted molar refractivity (Wildman–Crippen MR) is 52.5 cm³/mol. The third-order valence-corrected chi connectivity index (χ3v) is 3.46. The summed E-state index contributed by atoms with van der Waals surface area (Å²) in [5.41, 5.74) is 0. The molecule has 1 aliphatic carbocycles. The van der Waals surface area contributed by atoms with Gasteiger partial charge < -0.3 is 18.9 Å². The van der Waals surface area contributed by atoms with Crippen molar-refractivity contribution in [1.82, 2.24) is 0 Å². The van der Waals surface area contributed by atoms with Crippen LogP contribution in [0.2, 0.25) is 0 Å². The molecule has 0 N–H and O–H groups in total. The van der Waals surface area contributed by atoms with Gasteiger partial charge in [0.1, 0.15) is 12.2 Å². The monoisotopic (exact) mass is 214 g/mol. The quantitative estimate of drug-likeness (QED) is 0.698. The van der Waals surface area contributed by atoms with E-state index in [-0.39, 0.29) is 24.6 Å². The van der Waals surface area contributed by atoms with E-state index in [1.54, 1.807) is 7.11 Å². The molecular formula is C11H18O4. The number of fused-ring (bicyclic) bond motifs is 2. The number of methoxy groups -OCH3 is 1. The Morgan fingerprint density at radius 3 is 2.87 bits per heavy atom. The van der Waals surface area contributed by atoms with Crippen LogP contribution in [-0.2, 0) is 18.9 Å². The lowest BCUT2D eigenvalue weighted by Crippen LogP contribution is -2.44. The van der Waals surface area contributed by atoms with Crippen LogP contribution in [-0.4, -0.2) is 44.9 Å². The van der Waals surface area contributed by atoms with Crippen LogP contribution in [0.1, 0.15) is 19.3 Å². The van der Waals surface area contributed by atoms with Crippen molar-refractivity contribution in [3.05, 3.63) is 0 Å². The topological polar surface area (TPSA) is 36.9 Å². The van der Waals surface area contributed by atoms with Crippen molar-refractivity contribution in [3.8, 4) is 0 Å². The Bertz CT molecular complexity index is 229. The van der Waals surface area contributed by atoms with Gasteiger partial charge in [0.25, 0.3) is 0 Å². The highest BCUT2D eigenvalue weighted by molar-refractivity contribution is 4.88. The van der Waals surface area contributed by atoms with Crippen molar-refractivity contribution >= 4 is 0 Å². The van der Waals surface area contributed by atoms with Crippen molar-refractivity contribution in [1.29, 1.82) is 0 Å². The van der Waals surface area contributed by atoms with Crippen LogP contribution in [0.25, 0.3) is 0 Å². The zero-order chi connectivity index (χ0) is 10.3. The molecule has 4 nitrogen and oxygen atoms in total. The summed E-state index contributed by atoms with van der Waals surface area (Å²) in [6, 6.07) is 0. The highest BCUT2D eigenvalue weighted by Gasteiger charge is 2.45. The van der Waals surface area contributed by atoms with Gasteiger partial charge in [-0.05, 0) is 18.8 Å². The van der Waals surface area contributed by atoms with E-state index in [1.165, 1.54) is 12.8 Å². The Kier molecular flexibility index (Phi) is 2.68. The van der Waals surface area contributed by atoms with Gasteiger partial charge in [-0.1, -0.05) is 0 Å². The maximum absolute atomic E-state index is 5.88. The molecule has 2 heterocycles. The maximum atomic E-state index is 5.88. The van der Waals surface area contributed by atoms with Crippen LogP contribution in [0.4, 0.5) is 0 Å². The molecule has 2 bridgehead atoms. The fourth-order valence-electron chi connectivity index (χ4n) is 2.25. The molecule has 86 valence electrons.